The zero-order valence-corrected chi connectivity index (χ0v) is 14.2. The number of aromatic amines is 1. The van der Waals surface area contributed by atoms with Gasteiger partial charge in [-0.05, 0) is 49.5 Å². The van der Waals surface area contributed by atoms with Gasteiger partial charge in [-0.25, -0.2) is 4.98 Å². The Bertz CT molecular complexity index is 788. The van der Waals surface area contributed by atoms with Gasteiger partial charge in [-0.1, -0.05) is 37.3 Å². The van der Waals surface area contributed by atoms with Gasteiger partial charge < -0.3 is 4.90 Å². The van der Waals surface area contributed by atoms with Crippen LogP contribution in [0.15, 0.2) is 48.7 Å². The van der Waals surface area contributed by atoms with E-state index in [0.717, 1.165) is 25.3 Å². The van der Waals surface area contributed by atoms with Gasteiger partial charge in [-0.15, -0.1) is 0 Å². The zero-order chi connectivity index (χ0) is 16.4. The van der Waals surface area contributed by atoms with Gasteiger partial charge in [0.05, 0.1) is 0 Å². The van der Waals surface area contributed by atoms with Crippen LogP contribution in [0.25, 0.3) is 11.0 Å². The number of hydrogen-bond acceptors (Lipinski definition) is 3. The Kier molecular flexibility index (Phi) is 4.30. The minimum Gasteiger partial charge on any atom is -0.303 e. The number of piperidine rings is 1. The molecule has 24 heavy (non-hydrogen) atoms. The van der Waals surface area contributed by atoms with Crippen LogP contribution in [0.1, 0.15) is 42.9 Å². The van der Waals surface area contributed by atoms with E-state index in [1.807, 2.05) is 6.07 Å². The lowest BCUT2D eigenvalue weighted by Crippen LogP contribution is -2.35. The first-order chi connectivity index (χ1) is 11.8. The third-order valence-electron chi connectivity index (χ3n) is 5.26. The molecule has 0 radical (unpaired) electrons. The fourth-order valence-corrected chi connectivity index (χ4v) is 3.86. The van der Waals surface area contributed by atoms with Crippen molar-refractivity contribution in [1.29, 1.82) is 0 Å². The van der Waals surface area contributed by atoms with Gasteiger partial charge in [-0.2, -0.15) is 5.10 Å². The molecule has 1 fully saturated rings. The van der Waals surface area contributed by atoms with Crippen LogP contribution in [-0.4, -0.2) is 39.7 Å². The summed E-state index contributed by atoms with van der Waals surface area (Å²) in [5.74, 6) is 1.16. The Hall–Kier alpha value is -2.20. The summed E-state index contributed by atoms with van der Waals surface area (Å²) in [7, 11) is 0. The normalized spacial score (nSPS) is 18.0. The summed E-state index contributed by atoms with van der Waals surface area (Å²) >= 11 is 0. The topological polar surface area (TPSA) is 44.8 Å². The number of pyridine rings is 1. The summed E-state index contributed by atoms with van der Waals surface area (Å²) in [5, 5.41) is 8.77. The monoisotopic (exact) mass is 320 g/mol. The van der Waals surface area contributed by atoms with Gasteiger partial charge in [-0.3, -0.25) is 5.10 Å². The Labute approximate surface area is 142 Å². The smallest absolute Gasteiger partial charge is 0.181 e. The predicted octanol–water partition coefficient (Wildman–Crippen LogP) is 3.94. The molecule has 4 rings (SSSR count). The molecule has 0 amide bonds. The third-order valence-corrected chi connectivity index (χ3v) is 5.26. The predicted molar refractivity (Wildman–Crippen MR) is 97.2 cm³/mol. The maximum atomic E-state index is 4.35. The molecule has 1 aliphatic heterocycles. The number of fused-ring (bicyclic) bond motifs is 1. The maximum absolute atomic E-state index is 4.35. The van der Waals surface area contributed by atoms with E-state index in [-0.39, 0.29) is 0 Å². The molecule has 1 atom stereocenters. The summed E-state index contributed by atoms with van der Waals surface area (Å²) in [4.78, 5) is 6.93. The standard InChI is InChI=1S/C20H24N4/c1-15(16-6-3-2-4-7-16)14-24-12-9-17(10-13-24)19-18-8-5-11-21-20(18)23-22-19/h2-8,11,15,17H,9-10,12-14H2,1H3,(H,21,22,23)/t15-/m1/s1. The number of hydrogen-bond donors (Lipinski definition) is 1. The molecule has 124 valence electrons. The van der Waals surface area contributed by atoms with Crippen molar-refractivity contribution in [2.45, 2.75) is 31.6 Å². The second-order valence-electron chi connectivity index (χ2n) is 6.90. The molecule has 4 nitrogen and oxygen atoms in total. The molecule has 0 saturated carbocycles. The number of H-pyrrole nitrogens is 1. The van der Waals surface area contributed by atoms with Crippen molar-refractivity contribution < 1.29 is 0 Å². The molecule has 0 unspecified atom stereocenters. The highest BCUT2D eigenvalue weighted by atomic mass is 15.2. The summed E-state index contributed by atoms with van der Waals surface area (Å²) < 4.78 is 0. The fourth-order valence-electron chi connectivity index (χ4n) is 3.86. The molecule has 1 aliphatic rings. The van der Waals surface area contributed by atoms with Gasteiger partial charge in [0.1, 0.15) is 0 Å². The van der Waals surface area contributed by atoms with Crippen molar-refractivity contribution in [2.24, 2.45) is 0 Å². The lowest BCUT2D eigenvalue weighted by atomic mass is 9.91. The minimum absolute atomic E-state index is 0.572. The van der Waals surface area contributed by atoms with E-state index in [0.29, 0.717) is 11.8 Å². The molecule has 2 aromatic heterocycles. The van der Waals surface area contributed by atoms with Crippen LogP contribution in [-0.2, 0) is 0 Å². The van der Waals surface area contributed by atoms with Crippen LogP contribution in [0.5, 0.6) is 0 Å². The van der Waals surface area contributed by atoms with Crippen molar-refractivity contribution in [3.63, 3.8) is 0 Å². The number of aromatic nitrogens is 3. The van der Waals surface area contributed by atoms with Crippen molar-refractivity contribution in [2.75, 3.05) is 19.6 Å². The number of rotatable bonds is 4. The van der Waals surface area contributed by atoms with E-state index >= 15 is 0 Å². The fraction of sp³-hybridized carbons (Fsp3) is 0.400. The highest BCUT2D eigenvalue weighted by Crippen LogP contribution is 2.31. The van der Waals surface area contributed by atoms with Gasteiger partial charge >= 0.3 is 0 Å². The van der Waals surface area contributed by atoms with Crippen LogP contribution in [0.3, 0.4) is 0 Å². The van der Waals surface area contributed by atoms with Gasteiger partial charge in [0.15, 0.2) is 5.65 Å². The largest absolute Gasteiger partial charge is 0.303 e. The van der Waals surface area contributed by atoms with Crippen LogP contribution in [0.4, 0.5) is 0 Å². The average Bonchev–Trinajstić information content (AvgIpc) is 3.07. The van der Waals surface area contributed by atoms with Crippen LogP contribution in [0, 0.1) is 0 Å². The third kappa shape index (κ3) is 3.06. The molecule has 0 aliphatic carbocycles. The number of nitrogens with one attached hydrogen (secondary N) is 1. The molecule has 4 heteroatoms. The van der Waals surface area contributed by atoms with E-state index in [1.165, 1.54) is 29.5 Å². The van der Waals surface area contributed by atoms with Crippen molar-refractivity contribution in [3.8, 4) is 0 Å². The molecule has 0 spiro atoms. The SMILES string of the molecule is C[C@H](CN1CCC(c2[nH]nc3ncccc23)CC1)c1ccccc1. The summed E-state index contributed by atoms with van der Waals surface area (Å²) in [6.45, 7) is 5.78. The Morgan fingerprint density at radius 3 is 2.71 bits per heavy atom. The summed E-state index contributed by atoms with van der Waals surface area (Å²) in [6, 6.07) is 15.0. The first-order valence-corrected chi connectivity index (χ1v) is 8.87. The molecule has 3 aromatic rings. The van der Waals surface area contributed by atoms with E-state index in [1.54, 1.807) is 6.20 Å². The van der Waals surface area contributed by atoms with Crippen LogP contribution < -0.4 is 0 Å². The highest BCUT2D eigenvalue weighted by molar-refractivity contribution is 5.77. The second kappa shape index (κ2) is 6.73. The Morgan fingerprint density at radius 2 is 1.92 bits per heavy atom. The number of nitrogens with zero attached hydrogens (tertiary/aromatic N) is 3. The van der Waals surface area contributed by atoms with Crippen molar-refractivity contribution in [3.05, 3.63) is 59.9 Å². The first-order valence-electron chi connectivity index (χ1n) is 8.87. The maximum Gasteiger partial charge on any atom is 0.181 e. The van der Waals surface area contributed by atoms with E-state index in [9.17, 15) is 0 Å². The highest BCUT2D eigenvalue weighted by Gasteiger charge is 2.24. The number of benzene rings is 1. The van der Waals surface area contributed by atoms with E-state index in [2.05, 4.69) is 63.4 Å². The van der Waals surface area contributed by atoms with E-state index in [4.69, 9.17) is 0 Å². The summed E-state index contributed by atoms with van der Waals surface area (Å²) in [6.07, 6.45) is 4.18. The van der Waals surface area contributed by atoms with Gasteiger partial charge in [0.2, 0.25) is 0 Å². The van der Waals surface area contributed by atoms with Crippen LogP contribution >= 0.6 is 0 Å². The van der Waals surface area contributed by atoms with Crippen molar-refractivity contribution >= 4 is 11.0 Å². The minimum atomic E-state index is 0.572. The lowest BCUT2D eigenvalue weighted by Gasteiger charge is -2.33. The van der Waals surface area contributed by atoms with Crippen LogP contribution in [0.2, 0.25) is 0 Å². The van der Waals surface area contributed by atoms with Gasteiger partial charge in [0, 0.05) is 29.7 Å². The lowest BCUT2D eigenvalue weighted by molar-refractivity contribution is 0.202. The van der Waals surface area contributed by atoms with Crippen molar-refractivity contribution in [1.82, 2.24) is 20.1 Å². The average molecular weight is 320 g/mol. The molecular weight excluding hydrogens is 296 g/mol. The Morgan fingerprint density at radius 1 is 1.12 bits per heavy atom. The number of likely N-dealkylation sites (tertiary alicyclic amines) is 1. The molecule has 1 saturated heterocycles. The summed E-state index contributed by atoms with van der Waals surface area (Å²) in [5.41, 5.74) is 3.55. The molecule has 0 bridgehead atoms. The molecule has 3 heterocycles. The Balaban J connectivity index is 1.38. The molecular formula is C20H24N4. The second-order valence-corrected chi connectivity index (χ2v) is 6.90. The first kappa shape index (κ1) is 15.3. The quantitative estimate of drug-likeness (QED) is 0.792. The zero-order valence-electron chi connectivity index (χ0n) is 14.2. The van der Waals surface area contributed by atoms with E-state index < -0.39 is 0 Å². The van der Waals surface area contributed by atoms with Gasteiger partial charge in [0.25, 0.3) is 0 Å². The molecule has 1 aromatic carbocycles. The molecule has 1 N–H and O–H groups in total.